The SMILES string of the molecule is Cc1nn(C(C)C(=O)NCc2cccnc2)c(=O)c2c(-n3cccc3)n(-c3ccccc3)nc12. The van der Waals surface area contributed by atoms with Crippen molar-refractivity contribution in [2.24, 2.45) is 0 Å². The van der Waals surface area contributed by atoms with Crippen LogP contribution in [0, 0.1) is 6.92 Å². The number of amides is 1. The first-order valence-corrected chi connectivity index (χ1v) is 10.9. The molecule has 5 rings (SSSR count). The van der Waals surface area contributed by atoms with Gasteiger partial charge in [-0.1, -0.05) is 24.3 Å². The Hall–Kier alpha value is -4.53. The lowest BCUT2D eigenvalue weighted by atomic mass is 10.2. The average Bonchev–Trinajstić information content (AvgIpc) is 3.54. The Morgan fingerprint density at radius 2 is 1.79 bits per heavy atom. The van der Waals surface area contributed by atoms with E-state index in [4.69, 9.17) is 5.10 Å². The summed E-state index contributed by atoms with van der Waals surface area (Å²) in [5.74, 6) is 0.286. The Balaban J connectivity index is 1.61. The van der Waals surface area contributed by atoms with Crippen molar-refractivity contribution in [1.29, 1.82) is 0 Å². The molecule has 34 heavy (non-hydrogen) atoms. The molecule has 0 bridgehead atoms. The van der Waals surface area contributed by atoms with Gasteiger partial charge in [0.15, 0.2) is 5.82 Å². The van der Waals surface area contributed by atoms with Crippen molar-refractivity contribution in [3.8, 4) is 11.5 Å². The number of pyridine rings is 1. The molecule has 0 spiro atoms. The zero-order valence-corrected chi connectivity index (χ0v) is 18.8. The highest BCUT2D eigenvalue weighted by Gasteiger charge is 2.25. The molecule has 1 unspecified atom stereocenters. The number of hydrogen-bond donors (Lipinski definition) is 1. The van der Waals surface area contributed by atoms with Crippen molar-refractivity contribution in [3.63, 3.8) is 0 Å². The van der Waals surface area contributed by atoms with Crippen molar-refractivity contribution < 1.29 is 4.79 Å². The Morgan fingerprint density at radius 3 is 2.50 bits per heavy atom. The summed E-state index contributed by atoms with van der Waals surface area (Å²) in [7, 11) is 0. The number of para-hydroxylation sites is 1. The summed E-state index contributed by atoms with van der Waals surface area (Å²) in [6, 6.07) is 16.2. The lowest BCUT2D eigenvalue weighted by Gasteiger charge is -2.15. The van der Waals surface area contributed by atoms with Crippen molar-refractivity contribution in [1.82, 2.24) is 34.4 Å². The summed E-state index contributed by atoms with van der Waals surface area (Å²) in [6.45, 7) is 3.77. The monoisotopic (exact) mass is 453 g/mol. The normalized spacial score (nSPS) is 12.1. The van der Waals surface area contributed by atoms with E-state index in [2.05, 4.69) is 15.4 Å². The molecule has 0 saturated carbocycles. The molecule has 1 N–H and O–H groups in total. The number of aromatic nitrogens is 6. The van der Waals surface area contributed by atoms with E-state index in [9.17, 15) is 9.59 Å². The molecule has 5 aromatic rings. The van der Waals surface area contributed by atoms with Crippen LogP contribution >= 0.6 is 0 Å². The first-order valence-electron chi connectivity index (χ1n) is 10.9. The minimum absolute atomic E-state index is 0.310. The van der Waals surface area contributed by atoms with Gasteiger partial charge in [0.05, 0.1) is 11.4 Å². The number of fused-ring (bicyclic) bond motifs is 1. The molecule has 4 aromatic heterocycles. The van der Waals surface area contributed by atoms with E-state index < -0.39 is 6.04 Å². The maximum Gasteiger partial charge on any atom is 0.280 e. The number of carbonyl (C=O) groups excluding carboxylic acids is 1. The van der Waals surface area contributed by atoms with Gasteiger partial charge in [-0.2, -0.15) is 10.2 Å². The molecule has 0 saturated heterocycles. The molecule has 0 aliphatic rings. The highest BCUT2D eigenvalue weighted by Crippen LogP contribution is 2.25. The minimum atomic E-state index is -0.815. The molecular weight excluding hydrogens is 430 g/mol. The molecule has 0 aliphatic heterocycles. The van der Waals surface area contributed by atoms with Crippen LogP contribution in [0.15, 0.2) is 84.2 Å². The topological polar surface area (TPSA) is 99.6 Å². The van der Waals surface area contributed by atoms with Gasteiger partial charge in [0, 0.05) is 31.3 Å². The molecule has 9 nitrogen and oxygen atoms in total. The number of hydrogen-bond acceptors (Lipinski definition) is 5. The Labute approximate surface area is 195 Å². The number of rotatable bonds is 6. The van der Waals surface area contributed by atoms with Crippen LogP contribution in [0.2, 0.25) is 0 Å². The van der Waals surface area contributed by atoms with E-state index in [0.29, 0.717) is 29.0 Å². The zero-order valence-electron chi connectivity index (χ0n) is 18.8. The zero-order chi connectivity index (χ0) is 23.7. The summed E-state index contributed by atoms with van der Waals surface area (Å²) >= 11 is 0. The predicted octanol–water partition coefficient (Wildman–Crippen LogP) is 2.95. The van der Waals surface area contributed by atoms with Crippen molar-refractivity contribution in [2.45, 2.75) is 26.4 Å². The van der Waals surface area contributed by atoms with E-state index in [1.807, 2.05) is 65.5 Å². The quantitative estimate of drug-likeness (QED) is 0.426. The number of aryl methyl sites for hydroxylation is 1. The van der Waals surface area contributed by atoms with Crippen molar-refractivity contribution in [3.05, 3.63) is 101 Å². The van der Waals surface area contributed by atoms with Crippen LogP contribution in [0.25, 0.3) is 22.4 Å². The van der Waals surface area contributed by atoms with Gasteiger partial charge in [-0.05, 0) is 49.7 Å². The second-order valence-electron chi connectivity index (χ2n) is 7.98. The van der Waals surface area contributed by atoms with Crippen molar-refractivity contribution >= 4 is 16.8 Å². The summed E-state index contributed by atoms with van der Waals surface area (Å²) < 4.78 is 4.82. The third kappa shape index (κ3) is 3.77. The van der Waals surface area contributed by atoms with Gasteiger partial charge in [0.2, 0.25) is 5.91 Å². The largest absolute Gasteiger partial charge is 0.350 e. The van der Waals surface area contributed by atoms with E-state index in [1.54, 1.807) is 37.0 Å². The number of carbonyl (C=O) groups is 1. The van der Waals surface area contributed by atoms with Crippen molar-refractivity contribution in [2.75, 3.05) is 0 Å². The molecule has 170 valence electrons. The maximum absolute atomic E-state index is 13.7. The Bertz CT molecular complexity index is 1500. The fourth-order valence-electron chi connectivity index (χ4n) is 3.90. The van der Waals surface area contributed by atoms with Gasteiger partial charge in [0.1, 0.15) is 16.9 Å². The molecule has 0 fully saturated rings. The summed E-state index contributed by atoms with van der Waals surface area (Å²) in [6.07, 6.45) is 7.08. The molecule has 0 radical (unpaired) electrons. The second-order valence-corrected chi connectivity index (χ2v) is 7.98. The molecule has 1 aromatic carbocycles. The number of nitrogens with one attached hydrogen (secondary N) is 1. The smallest absolute Gasteiger partial charge is 0.280 e. The first kappa shape index (κ1) is 21.3. The number of benzene rings is 1. The summed E-state index contributed by atoms with van der Waals surface area (Å²) in [5.41, 5.74) is 2.36. The van der Waals surface area contributed by atoms with Crippen LogP contribution in [-0.2, 0) is 11.3 Å². The lowest BCUT2D eigenvalue weighted by Crippen LogP contribution is -2.37. The highest BCUT2D eigenvalue weighted by atomic mass is 16.2. The second kappa shape index (κ2) is 8.78. The summed E-state index contributed by atoms with van der Waals surface area (Å²) in [4.78, 5) is 30.7. The summed E-state index contributed by atoms with van der Waals surface area (Å²) in [5, 5.41) is 12.4. The third-order valence-corrected chi connectivity index (χ3v) is 5.67. The Morgan fingerprint density at radius 1 is 1.03 bits per heavy atom. The molecule has 1 atom stereocenters. The van der Waals surface area contributed by atoms with Crippen LogP contribution in [0.5, 0.6) is 0 Å². The highest BCUT2D eigenvalue weighted by molar-refractivity contribution is 5.88. The minimum Gasteiger partial charge on any atom is -0.350 e. The molecule has 9 heteroatoms. The van der Waals surface area contributed by atoms with Crippen LogP contribution < -0.4 is 10.9 Å². The van der Waals surface area contributed by atoms with Gasteiger partial charge in [-0.3, -0.25) is 14.6 Å². The van der Waals surface area contributed by atoms with E-state index in [0.717, 1.165) is 11.3 Å². The van der Waals surface area contributed by atoms with Gasteiger partial charge < -0.3 is 9.88 Å². The Kier molecular flexibility index (Phi) is 5.51. The standard InChI is InChI=1S/C25H23N7O2/c1-17-22-21(24(30-13-6-7-14-30)32(29-22)20-10-4-3-5-11-20)25(34)31(28-17)18(2)23(33)27-16-19-9-8-12-26-15-19/h3-15,18H,16H2,1-2H3,(H,27,33). The van der Waals surface area contributed by atoms with E-state index in [1.165, 1.54) is 4.68 Å². The van der Waals surface area contributed by atoms with Crippen LogP contribution in [-0.4, -0.2) is 35.0 Å². The maximum atomic E-state index is 13.7. The fraction of sp³-hybridized carbons (Fsp3) is 0.160. The van der Waals surface area contributed by atoms with Gasteiger partial charge >= 0.3 is 0 Å². The molecule has 1 amide bonds. The van der Waals surface area contributed by atoms with E-state index in [-0.39, 0.29) is 11.5 Å². The van der Waals surface area contributed by atoms with Gasteiger partial charge in [0.25, 0.3) is 5.56 Å². The van der Waals surface area contributed by atoms with Crippen LogP contribution in [0.4, 0.5) is 0 Å². The fourth-order valence-corrected chi connectivity index (χ4v) is 3.90. The third-order valence-electron chi connectivity index (χ3n) is 5.67. The molecule has 0 aliphatic carbocycles. The first-order chi connectivity index (χ1) is 16.5. The van der Waals surface area contributed by atoms with Gasteiger partial charge in [-0.25, -0.2) is 9.36 Å². The lowest BCUT2D eigenvalue weighted by molar-refractivity contribution is -0.124. The van der Waals surface area contributed by atoms with Gasteiger partial charge in [-0.15, -0.1) is 0 Å². The predicted molar refractivity (Wildman–Crippen MR) is 128 cm³/mol. The molecular formula is C25H23N7O2. The molecule has 4 heterocycles. The van der Waals surface area contributed by atoms with E-state index >= 15 is 0 Å². The average molecular weight is 454 g/mol. The van der Waals surface area contributed by atoms with Crippen LogP contribution in [0.1, 0.15) is 24.2 Å². The van der Waals surface area contributed by atoms with Crippen LogP contribution in [0.3, 0.4) is 0 Å². The number of nitrogens with zero attached hydrogens (tertiary/aromatic N) is 6.